The van der Waals surface area contributed by atoms with Crippen molar-refractivity contribution in [2.24, 2.45) is 0 Å². The van der Waals surface area contributed by atoms with Gasteiger partial charge in [0.2, 0.25) is 0 Å². The summed E-state index contributed by atoms with van der Waals surface area (Å²) in [6.07, 6.45) is 0. The van der Waals surface area contributed by atoms with Crippen LogP contribution in [-0.2, 0) is 0 Å². The van der Waals surface area contributed by atoms with Gasteiger partial charge < -0.3 is 0 Å². The quantitative estimate of drug-likeness (QED) is 0.547. The Balaban J connectivity index is 4.23. The Morgan fingerprint density at radius 1 is 0.800 bits per heavy atom. The molecule has 0 N–H and O–H groups in total. The van der Waals surface area contributed by atoms with Gasteiger partial charge in [0.05, 0.1) is 0 Å². The molecule has 0 aromatic carbocycles. The van der Waals surface area contributed by atoms with Crippen molar-refractivity contribution in [3.63, 3.8) is 0 Å². The monoisotopic (exact) mass is 223 g/mol. The minimum atomic E-state index is -1.38. The SMILES string of the molecule is C[C](C)(C)[Ge]([Cl])[C](C)(C)C. The van der Waals surface area contributed by atoms with Crippen LogP contribution in [0.25, 0.3) is 0 Å². The predicted molar refractivity (Wildman–Crippen MR) is 51.0 cm³/mol. The molecule has 0 amide bonds. The van der Waals surface area contributed by atoms with E-state index < -0.39 is 13.4 Å². The fourth-order valence-corrected chi connectivity index (χ4v) is 5.85. The molecular weight excluding hydrogens is 204 g/mol. The van der Waals surface area contributed by atoms with Crippen molar-refractivity contribution in [1.29, 1.82) is 0 Å². The van der Waals surface area contributed by atoms with Gasteiger partial charge in [0.1, 0.15) is 0 Å². The van der Waals surface area contributed by atoms with Crippen LogP contribution in [0.2, 0.25) is 8.49 Å². The van der Waals surface area contributed by atoms with Gasteiger partial charge in [-0.05, 0) is 0 Å². The van der Waals surface area contributed by atoms with E-state index in [1.807, 2.05) is 0 Å². The summed E-state index contributed by atoms with van der Waals surface area (Å²) in [4.78, 5) is 0. The molecule has 0 saturated heterocycles. The Kier molecular flexibility index (Phi) is 3.32. The number of hydrogen-bond acceptors (Lipinski definition) is 0. The Morgan fingerprint density at radius 3 is 1.00 bits per heavy atom. The first-order chi connectivity index (χ1) is 4.15. The third-order valence-corrected chi connectivity index (χ3v) is 12.7. The third-order valence-electron chi connectivity index (χ3n) is 1.32. The van der Waals surface area contributed by atoms with Gasteiger partial charge in [-0.25, -0.2) is 0 Å². The van der Waals surface area contributed by atoms with Crippen LogP contribution in [0.1, 0.15) is 41.5 Å². The zero-order valence-corrected chi connectivity index (χ0v) is 10.7. The molecular formula is C8H18ClGe. The molecule has 0 heterocycles. The fourth-order valence-electron chi connectivity index (χ4n) is 1.12. The van der Waals surface area contributed by atoms with E-state index in [9.17, 15) is 0 Å². The van der Waals surface area contributed by atoms with Crippen molar-refractivity contribution in [2.45, 2.75) is 50.0 Å². The van der Waals surface area contributed by atoms with Crippen LogP contribution in [0.15, 0.2) is 0 Å². The molecule has 0 aliphatic heterocycles. The normalized spacial score (nSPS) is 14.4. The van der Waals surface area contributed by atoms with Crippen LogP contribution >= 0.6 is 10.0 Å². The van der Waals surface area contributed by atoms with E-state index in [-0.39, 0.29) is 0 Å². The average molecular weight is 222 g/mol. The van der Waals surface area contributed by atoms with Gasteiger partial charge in [-0.1, -0.05) is 0 Å². The summed E-state index contributed by atoms with van der Waals surface area (Å²) in [6, 6.07) is 0. The molecule has 0 bridgehead atoms. The second-order valence-corrected chi connectivity index (χ2v) is 14.4. The van der Waals surface area contributed by atoms with E-state index in [1.54, 1.807) is 0 Å². The van der Waals surface area contributed by atoms with Gasteiger partial charge in [-0.15, -0.1) is 0 Å². The van der Waals surface area contributed by atoms with E-state index in [0.717, 1.165) is 0 Å². The molecule has 0 aromatic heterocycles. The molecule has 61 valence electrons. The standard InChI is InChI=1S/C8H18ClGe/c1-7(2,3)10(9)8(4,5)6/h1-6H3. The van der Waals surface area contributed by atoms with Crippen molar-refractivity contribution >= 4 is 23.4 Å². The van der Waals surface area contributed by atoms with E-state index >= 15 is 0 Å². The second-order valence-electron chi connectivity index (χ2n) is 4.81. The van der Waals surface area contributed by atoms with Crippen LogP contribution in [0.5, 0.6) is 0 Å². The van der Waals surface area contributed by atoms with Crippen molar-refractivity contribution in [2.75, 3.05) is 0 Å². The Labute approximate surface area is 73.6 Å². The zero-order valence-electron chi connectivity index (χ0n) is 7.88. The average Bonchev–Trinajstić information content (AvgIpc) is 1.59. The molecule has 0 nitrogen and oxygen atoms in total. The zero-order chi connectivity index (χ0) is 8.58. The van der Waals surface area contributed by atoms with Crippen molar-refractivity contribution in [1.82, 2.24) is 0 Å². The van der Waals surface area contributed by atoms with Crippen molar-refractivity contribution < 1.29 is 0 Å². The summed E-state index contributed by atoms with van der Waals surface area (Å²) in [5.74, 6) is 0. The van der Waals surface area contributed by atoms with Gasteiger partial charge in [-0.2, -0.15) is 0 Å². The van der Waals surface area contributed by atoms with Crippen LogP contribution in [0.3, 0.4) is 0 Å². The molecule has 0 atom stereocenters. The van der Waals surface area contributed by atoms with Crippen LogP contribution < -0.4 is 0 Å². The summed E-state index contributed by atoms with van der Waals surface area (Å²) in [7, 11) is 6.40. The summed E-state index contributed by atoms with van der Waals surface area (Å²) in [5.41, 5.74) is 0. The van der Waals surface area contributed by atoms with Crippen LogP contribution in [-0.4, -0.2) is 13.4 Å². The van der Waals surface area contributed by atoms with Gasteiger partial charge in [0, 0.05) is 0 Å². The van der Waals surface area contributed by atoms with Gasteiger partial charge >= 0.3 is 73.5 Å². The van der Waals surface area contributed by atoms with Crippen molar-refractivity contribution in [3.05, 3.63) is 0 Å². The topological polar surface area (TPSA) is 0 Å². The minimum absolute atomic E-state index is 0.375. The molecule has 0 fully saturated rings. The molecule has 0 aliphatic carbocycles. The maximum absolute atomic E-state index is 6.40. The first-order valence-electron chi connectivity index (χ1n) is 3.69. The van der Waals surface area contributed by atoms with Crippen LogP contribution in [0.4, 0.5) is 0 Å². The molecule has 10 heavy (non-hydrogen) atoms. The van der Waals surface area contributed by atoms with Gasteiger partial charge in [0.25, 0.3) is 0 Å². The Morgan fingerprint density at radius 2 is 1.00 bits per heavy atom. The van der Waals surface area contributed by atoms with Gasteiger partial charge in [-0.3, -0.25) is 0 Å². The molecule has 0 spiro atoms. The molecule has 0 saturated carbocycles. The molecule has 0 rings (SSSR count). The number of hydrogen-bond donors (Lipinski definition) is 0. The third kappa shape index (κ3) is 3.29. The molecule has 0 aromatic rings. The number of halogens is 1. The summed E-state index contributed by atoms with van der Waals surface area (Å²) < 4.78 is 0.750. The van der Waals surface area contributed by atoms with E-state index in [1.165, 1.54) is 0 Å². The Hall–Kier alpha value is 0.833. The summed E-state index contributed by atoms with van der Waals surface area (Å²) in [6.45, 7) is 13.5. The predicted octanol–water partition coefficient (Wildman–Crippen LogP) is 3.82. The second kappa shape index (κ2) is 3.06. The fraction of sp³-hybridized carbons (Fsp3) is 1.00. The summed E-state index contributed by atoms with van der Waals surface area (Å²) in [5, 5.41) is 0. The molecule has 0 aliphatic rings. The van der Waals surface area contributed by atoms with Crippen molar-refractivity contribution in [3.8, 4) is 0 Å². The maximum atomic E-state index is 6.40. The van der Waals surface area contributed by atoms with Gasteiger partial charge in [0.15, 0.2) is 0 Å². The molecule has 2 heteroatoms. The number of rotatable bonds is 0. The van der Waals surface area contributed by atoms with E-state index in [4.69, 9.17) is 10.0 Å². The summed E-state index contributed by atoms with van der Waals surface area (Å²) >= 11 is -1.38. The molecule has 0 unspecified atom stereocenters. The first kappa shape index (κ1) is 10.8. The molecule has 1 radical (unpaired) electrons. The first-order valence-corrected chi connectivity index (χ1v) is 8.54. The Bertz CT molecular complexity index is 93.4. The van der Waals surface area contributed by atoms with Crippen LogP contribution in [0, 0.1) is 0 Å². The van der Waals surface area contributed by atoms with E-state index in [2.05, 4.69) is 41.5 Å². The van der Waals surface area contributed by atoms with E-state index in [0.29, 0.717) is 8.49 Å².